The van der Waals surface area contributed by atoms with E-state index in [9.17, 15) is 47.9 Å². The third-order valence-corrected chi connectivity index (χ3v) is 5.27. The second-order valence-corrected chi connectivity index (χ2v) is 7.05. The van der Waals surface area contributed by atoms with Crippen molar-refractivity contribution in [2.75, 3.05) is 0 Å². The van der Waals surface area contributed by atoms with Gasteiger partial charge < -0.3 is 0 Å². The van der Waals surface area contributed by atoms with Crippen LogP contribution in [0.15, 0.2) is 4.90 Å². The van der Waals surface area contributed by atoms with Crippen LogP contribution in [0.25, 0.3) is 0 Å². The van der Waals surface area contributed by atoms with Crippen molar-refractivity contribution in [1.82, 2.24) is 9.97 Å². The summed E-state index contributed by atoms with van der Waals surface area (Å²) in [4.78, 5) is 3.35. The normalized spacial score (nSPS) is 14.7. The highest BCUT2D eigenvalue weighted by Gasteiger charge is 2.85. The van der Waals surface area contributed by atoms with Gasteiger partial charge in [0.1, 0.15) is 4.90 Å². The van der Waals surface area contributed by atoms with E-state index in [1.54, 1.807) is 0 Å². The van der Waals surface area contributed by atoms with Crippen LogP contribution in [0.4, 0.5) is 39.5 Å². The van der Waals surface area contributed by atoms with E-state index in [-0.39, 0.29) is 0 Å². The van der Waals surface area contributed by atoms with Crippen molar-refractivity contribution in [2.45, 2.75) is 28.2 Å². The summed E-state index contributed by atoms with van der Waals surface area (Å²) in [6, 6.07) is 0. The van der Waals surface area contributed by atoms with Gasteiger partial charge in [-0.15, -0.1) is 0 Å². The fourth-order valence-corrected chi connectivity index (χ4v) is 3.76. The molecule has 0 aliphatic carbocycles. The van der Waals surface area contributed by atoms with E-state index in [2.05, 4.69) is 9.97 Å². The highest BCUT2D eigenvalue weighted by Crippen LogP contribution is 2.56. The Kier molecular flexibility index (Phi) is 5.50. The molecule has 0 N–H and O–H groups in total. The van der Waals surface area contributed by atoms with Crippen LogP contribution < -0.4 is 0 Å². The van der Waals surface area contributed by atoms with Gasteiger partial charge in [0.2, 0.25) is 5.28 Å². The molecule has 0 spiro atoms. The highest BCUT2D eigenvalue weighted by molar-refractivity contribution is 7.92. The van der Waals surface area contributed by atoms with Gasteiger partial charge >= 0.3 is 23.3 Å². The van der Waals surface area contributed by atoms with Crippen LogP contribution in [-0.4, -0.2) is 41.7 Å². The predicted octanol–water partition coefficient (Wildman–Crippen LogP) is 4.64. The molecule has 17 heteroatoms. The molecule has 1 aromatic rings. The Morgan fingerprint density at radius 2 is 1.08 bits per heavy atom. The summed E-state index contributed by atoms with van der Waals surface area (Å²) < 4.78 is 139. The zero-order valence-electron chi connectivity index (χ0n) is 10.7. The number of aromatic nitrogens is 2. The van der Waals surface area contributed by atoms with Crippen LogP contribution >= 0.6 is 34.8 Å². The molecule has 0 aromatic carbocycles. The first-order valence-electron chi connectivity index (χ1n) is 5.15. The number of nitrogens with zero attached hydrogens (tertiary/aromatic N) is 2. The number of hydrogen-bond donors (Lipinski definition) is 0. The fourth-order valence-electron chi connectivity index (χ4n) is 1.25. The quantitative estimate of drug-likeness (QED) is 0.369. The minimum atomic E-state index is -7.44. The first-order chi connectivity index (χ1) is 10.8. The molecule has 1 heterocycles. The summed E-state index contributed by atoms with van der Waals surface area (Å²) in [5.74, 6) is -14.9. The van der Waals surface area contributed by atoms with Crippen molar-refractivity contribution in [3.63, 3.8) is 0 Å². The molecule has 1 rings (SSSR count). The van der Waals surface area contributed by atoms with Crippen LogP contribution in [-0.2, 0) is 9.84 Å². The monoisotopic (exact) mass is 464 g/mol. The van der Waals surface area contributed by atoms with Crippen LogP contribution in [0.2, 0.25) is 15.6 Å². The van der Waals surface area contributed by atoms with E-state index in [1.807, 2.05) is 0 Å². The third kappa shape index (κ3) is 3.21. The third-order valence-electron chi connectivity index (χ3n) is 2.48. The SMILES string of the molecule is O=S(=O)(c1c(Cl)nc(Cl)nc1Cl)C(F)(F)C(F)(F)C(F)(F)C(F)(F)F. The Balaban J connectivity index is 3.73. The van der Waals surface area contributed by atoms with Gasteiger partial charge in [0.15, 0.2) is 10.3 Å². The first kappa shape index (κ1) is 22.3. The van der Waals surface area contributed by atoms with Crippen molar-refractivity contribution >= 4 is 44.6 Å². The van der Waals surface area contributed by atoms with Gasteiger partial charge in [0, 0.05) is 0 Å². The van der Waals surface area contributed by atoms with Gasteiger partial charge in [-0.1, -0.05) is 23.2 Å². The maximum absolute atomic E-state index is 13.6. The second kappa shape index (κ2) is 6.16. The number of alkyl halides is 9. The second-order valence-electron chi connectivity index (χ2n) is 4.07. The molecule has 25 heavy (non-hydrogen) atoms. The van der Waals surface area contributed by atoms with Crippen molar-refractivity contribution in [1.29, 1.82) is 0 Å². The molecule has 0 amide bonds. The molecule has 4 nitrogen and oxygen atoms in total. The summed E-state index contributed by atoms with van der Waals surface area (Å²) in [5, 5.41) is -11.2. The summed E-state index contributed by atoms with van der Waals surface area (Å²) in [6.45, 7) is 0. The first-order valence-corrected chi connectivity index (χ1v) is 7.77. The highest BCUT2D eigenvalue weighted by atomic mass is 35.5. The minimum absolute atomic E-state index is 0.954. The summed E-state index contributed by atoms with van der Waals surface area (Å²) in [5.41, 5.74) is 0. The molecule has 1 aromatic heterocycles. The predicted molar refractivity (Wildman–Crippen MR) is 65.1 cm³/mol. The molecular weight excluding hydrogens is 466 g/mol. The minimum Gasteiger partial charge on any atom is -0.217 e. The van der Waals surface area contributed by atoms with E-state index in [4.69, 9.17) is 34.8 Å². The molecule has 0 atom stereocenters. The summed E-state index contributed by atoms with van der Waals surface area (Å²) in [7, 11) is -7.03. The molecular formula is C8Cl3F9N2O2S. The Bertz CT molecular complexity index is 774. The zero-order valence-corrected chi connectivity index (χ0v) is 13.7. The Morgan fingerprint density at radius 3 is 1.40 bits per heavy atom. The maximum atomic E-state index is 13.6. The Labute approximate surface area is 146 Å². The number of hydrogen-bond acceptors (Lipinski definition) is 4. The topological polar surface area (TPSA) is 59.9 Å². The van der Waals surface area contributed by atoms with Gasteiger partial charge in [0.05, 0.1) is 0 Å². The average Bonchev–Trinajstić information content (AvgIpc) is 2.34. The van der Waals surface area contributed by atoms with Crippen LogP contribution in [0.3, 0.4) is 0 Å². The molecule has 0 aliphatic rings. The van der Waals surface area contributed by atoms with Crippen molar-refractivity contribution < 1.29 is 47.9 Å². The molecule has 0 bridgehead atoms. The van der Waals surface area contributed by atoms with Gasteiger partial charge in [0.25, 0.3) is 9.84 Å². The maximum Gasteiger partial charge on any atom is 0.460 e. The largest absolute Gasteiger partial charge is 0.460 e. The molecule has 0 saturated heterocycles. The van der Waals surface area contributed by atoms with E-state index in [0.717, 1.165) is 0 Å². The molecule has 0 fully saturated rings. The molecule has 0 unspecified atom stereocenters. The number of sulfone groups is 1. The van der Waals surface area contributed by atoms with Crippen molar-refractivity contribution in [3.8, 4) is 0 Å². The fraction of sp³-hybridized carbons (Fsp3) is 0.500. The lowest BCUT2D eigenvalue weighted by Gasteiger charge is -2.33. The zero-order chi connectivity index (χ0) is 20.2. The van der Waals surface area contributed by atoms with Gasteiger partial charge in [-0.05, 0) is 11.6 Å². The standard InChI is InChI=1S/C8Cl3F9N2O2S/c9-2-1(3(10)22-4(11)21-2)25(23,24)8(19,20)6(14,15)5(12,13)7(16,17)18. The number of rotatable bonds is 4. The van der Waals surface area contributed by atoms with Crippen molar-refractivity contribution in [2.24, 2.45) is 0 Å². The Hall–Kier alpha value is -0.730. The van der Waals surface area contributed by atoms with E-state index < -0.39 is 53.6 Å². The lowest BCUT2D eigenvalue weighted by molar-refractivity contribution is -0.382. The molecule has 0 saturated carbocycles. The molecule has 0 aliphatic heterocycles. The number of halogens is 12. The molecule has 0 radical (unpaired) electrons. The van der Waals surface area contributed by atoms with Gasteiger partial charge in [-0.3, -0.25) is 0 Å². The van der Waals surface area contributed by atoms with Crippen LogP contribution in [0.1, 0.15) is 0 Å². The lowest BCUT2D eigenvalue weighted by atomic mass is 10.1. The van der Waals surface area contributed by atoms with Crippen molar-refractivity contribution in [3.05, 3.63) is 15.6 Å². The van der Waals surface area contributed by atoms with Crippen LogP contribution in [0, 0.1) is 0 Å². The summed E-state index contributed by atoms with van der Waals surface area (Å²) >= 11 is 15.3. The van der Waals surface area contributed by atoms with Gasteiger partial charge in [-0.2, -0.15) is 39.5 Å². The van der Waals surface area contributed by atoms with E-state index >= 15 is 0 Å². The average molecular weight is 466 g/mol. The van der Waals surface area contributed by atoms with E-state index in [1.165, 1.54) is 0 Å². The smallest absolute Gasteiger partial charge is 0.217 e. The Morgan fingerprint density at radius 1 is 0.720 bits per heavy atom. The molecule has 144 valence electrons. The van der Waals surface area contributed by atoms with Crippen LogP contribution in [0.5, 0.6) is 0 Å². The van der Waals surface area contributed by atoms with Gasteiger partial charge in [-0.25, -0.2) is 18.4 Å². The lowest BCUT2D eigenvalue weighted by Crippen LogP contribution is -2.63. The summed E-state index contributed by atoms with van der Waals surface area (Å²) in [6.07, 6.45) is -7.21. The van der Waals surface area contributed by atoms with E-state index in [0.29, 0.717) is 0 Å².